The topological polar surface area (TPSA) is 29.3 Å². The van der Waals surface area contributed by atoms with Crippen LogP contribution >= 0.6 is 0 Å². The predicted molar refractivity (Wildman–Crippen MR) is 79.8 cm³/mol. The average Bonchev–Trinajstić information content (AvgIpc) is 3.04. The van der Waals surface area contributed by atoms with Crippen LogP contribution in [0.2, 0.25) is 0 Å². The van der Waals surface area contributed by atoms with Gasteiger partial charge in [-0.25, -0.2) is 4.39 Å². The Labute approximate surface area is 121 Å². The van der Waals surface area contributed by atoms with E-state index in [1.165, 1.54) is 37.8 Å². The first-order valence-corrected chi connectivity index (χ1v) is 7.83. The van der Waals surface area contributed by atoms with Crippen LogP contribution in [0.3, 0.4) is 0 Å². The number of halogens is 1. The minimum atomic E-state index is -0.180. The van der Waals surface area contributed by atoms with Crippen LogP contribution in [0.1, 0.15) is 37.3 Å². The lowest BCUT2D eigenvalue weighted by Gasteiger charge is -2.32. The molecule has 3 rings (SSSR count). The predicted octanol–water partition coefficient (Wildman–Crippen LogP) is 3.19. The normalized spacial score (nSPS) is 30.1. The molecule has 0 spiro atoms. The fourth-order valence-electron chi connectivity index (χ4n) is 4.35. The monoisotopic (exact) mass is 276 g/mol. The number of benzene rings is 1. The summed E-state index contributed by atoms with van der Waals surface area (Å²) in [6.07, 6.45) is 5.72. The molecule has 2 bridgehead atoms. The van der Waals surface area contributed by atoms with Crippen molar-refractivity contribution in [2.45, 2.75) is 31.7 Å². The lowest BCUT2D eigenvalue weighted by molar-refractivity contribution is 0.176. The van der Waals surface area contributed by atoms with E-state index < -0.39 is 0 Å². The Morgan fingerprint density at radius 2 is 2.00 bits per heavy atom. The molecule has 4 atom stereocenters. The highest BCUT2D eigenvalue weighted by Crippen LogP contribution is 2.48. The van der Waals surface area contributed by atoms with Gasteiger partial charge >= 0.3 is 0 Å². The SMILES string of the molecule is CN(CC1CC2CCC1C2)C(CN)c1ccc(F)cc1. The van der Waals surface area contributed by atoms with Gasteiger partial charge in [0.05, 0.1) is 0 Å². The van der Waals surface area contributed by atoms with Crippen molar-refractivity contribution < 1.29 is 4.39 Å². The molecule has 2 nitrogen and oxygen atoms in total. The molecule has 20 heavy (non-hydrogen) atoms. The summed E-state index contributed by atoms with van der Waals surface area (Å²) in [5.74, 6) is 2.59. The average molecular weight is 276 g/mol. The molecule has 2 aliphatic rings. The summed E-state index contributed by atoms with van der Waals surface area (Å²) in [5, 5.41) is 0. The van der Waals surface area contributed by atoms with E-state index in [1.54, 1.807) is 0 Å². The third-order valence-corrected chi connectivity index (χ3v) is 5.42. The van der Waals surface area contributed by atoms with Gasteiger partial charge in [0.1, 0.15) is 5.82 Å². The molecule has 0 heterocycles. The lowest BCUT2D eigenvalue weighted by Crippen LogP contribution is -2.35. The third-order valence-electron chi connectivity index (χ3n) is 5.42. The molecular formula is C17H25FN2. The first kappa shape index (κ1) is 14.0. The van der Waals surface area contributed by atoms with Crippen LogP contribution in [-0.2, 0) is 0 Å². The van der Waals surface area contributed by atoms with Crippen LogP contribution in [0, 0.1) is 23.6 Å². The van der Waals surface area contributed by atoms with Gasteiger partial charge in [-0.1, -0.05) is 18.6 Å². The maximum Gasteiger partial charge on any atom is 0.123 e. The second-order valence-corrected chi connectivity index (χ2v) is 6.68. The van der Waals surface area contributed by atoms with E-state index >= 15 is 0 Å². The molecule has 1 aromatic rings. The molecule has 2 fully saturated rings. The van der Waals surface area contributed by atoms with Gasteiger partial charge in [0, 0.05) is 19.1 Å². The van der Waals surface area contributed by atoms with Crippen LogP contribution in [0.4, 0.5) is 4.39 Å². The van der Waals surface area contributed by atoms with Crippen LogP contribution < -0.4 is 5.73 Å². The number of rotatable bonds is 5. The second kappa shape index (κ2) is 5.82. The highest BCUT2D eigenvalue weighted by molar-refractivity contribution is 5.20. The van der Waals surface area contributed by atoms with Crippen molar-refractivity contribution in [2.24, 2.45) is 23.5 Å². The Morgan fingerprint density at radius 1 is 1.25 bits per heavy atom. The van der Waals surface area contributed by atoms with Crippen LogP contribution in [0.15, 0.2) is 24.3 Å². The zero-order chi connectivity index (χ0) is 14.1. The van der Waals surface area contributed by atoms with Gasteiger partial charge in [-0.05, 0) is 61.8 Å². The molecule has 0 radical (unpaired) electrons. The van der Waals surface area contributed by atoms with Crippen molar-refractivity contribution in [1.82, 2.24) is 4.90 Å². The first-order valence-electron chi connectivity index (χ1n) is 7.83. The standard InChI is InChI=1S/C17H25FN2/c1-20(11-15-9-12-2-3-14(15)8-12)17(10-19)13-4-6-16(18)7-5-13/h4-7,12,14-15,17H,2-3,8-11,19H2,1H3. The minimum absolute atomic E-state index is 0.180. The number of hydrogen-bond donors (Lipinski definition) is 1. The number of nitrogens with two attached hydrogens (primary N) is 1. The van der Waals surface area contributed by atoms with E-state index in [1.807, 2.05) is 12.1 Å². The fourth-order valence-corrected chi connectivity index (χ4v) is 4.35. The largest absolute Gasteiger partial charge is 0.329 e. The maximum absolute atomic E-state index is 13.0. The Hall–Kier alpha value is -0.930. The van der Waals surface area contributed by atoms with Crippen LogP contribution in [0.25, 0.3) is 0 Å². The van der Waals surface area contributed by atoms with Crippen LogP contribution in [0.5, 0.6) is 0 Å². The Kier molecular flexibility index (Phi) is 4.08. The van der Waals surface area contributed by atoms with Crippen molar-refractivity contribution in [2.75, 3.05) is 20.1 Å². The second-order valence-electron chi connectivity index (χ2n) is 6.68. The fraction of sp³-hybridized carbons (Fsp3) is 0.647. The molecule has 2 aliphatic carbocycles. The lowest BCUT2D eigenvalue weighted by atomic mass is 9.88. The molecule has 0 amide bonds. The quantitative estimate of drug-likeness (QED) is 0.895. The van der Waals surface area contributed by atoms with Gasteiger partial charge in [-0.3, -0.25) is 4.90 Å². The van der Waals surface area contributed by atoms with Gasteiger partial charge in [-0.2, -0.15) is 0 Å². The van der Waals surface area contributed by atoms with Crippen molar-refractivity contribution >= 4 is 0 Å². The van der Waals surface area contributed by atoms with E-state index in [9.17, 15) is 4.39 Å². The number of fused-ring (bicyclic) bond motifs is 2. The summed E-state index contributed by atoms with van der Waals surface area (Å²) in [6.45, 7) is 1.71. The summed E-state index contributed by atoms with van der Waals surface area (Å²) in [5.41, 5.74) is 7.08. The van der Waals surface area contributed by atoms with E-state index in [0.29, 0.717) is 6.54 Å². The Morgan fingerprint density at radius 3 is 2.55 bits per heavy atom. The molecule has 2 N–H and O–H groups in total. The molecule has 0 aromatic heterocycles. The highest BCUT2D eigenvalue weighted by atomic mass is 19.1. The zero-order valence-electron chi connectivity index (χ0n) is 12.3. The summed E-state index contributed by atoms with van der Waals surface area (Å²) < 4.78 is 13.0. The summed E-state index contributed by atoms with van der Waals surface area (Å²) in [4.78, 5) is 2.37. The van der Waals surface area contributed by atoms with Crippen molar-refractivity contribution in [3.63, 3.8) is 0 Å². The number of likely N-dealkylation sites (N-methyl/N-ethyl adjacent to an activating group) is 1. The van der Waals surface area contributed by atoms with Gasteiger partial charge in [0.2, 0.25) is 0 Å². The summed E-state index contributed by atoms with van der Waals surface area (Å²) in [7, 11) is 2.16. The molecule has 0 saturated heterocycles. The Bertz CT molecular complexity index is 445. The molecular weight excluding hydrogens is 251 g/mol. The molecule has 2 saturated carbocycles. The van der Waals surface area contributed by atoms with Crippen molar-refractivity contribution in [3.05, 3.63) is 35.6 Å². The van der Waals surface area contributed by atoms with Crippen molar-refractivity contribution in [1.29, 1.82) is 0 Å². The molecule has 1 aromatic carbocycles. The van der Waals surface area contributed by atoms with Gasteiger partial charge < -0.3 is 5.73 Å². The van der Waals surface area contributed by atoms with Gasteiger partial charge in [0.25, 0.3) is 0 Å². The van der Waals surface area contributed by atoms with E-state index in [0.717, 1.165) is 29.9 Å². The Balaban J connectivity index is 1.65. The third kappa shape index (κ3) is 2.75. The summed E-state index contributed by atoms with van der Waals surface area (Å²) >= 11 is 0. The molecule has 4 unspecified atom stereocenters. The first-order chi connectivity index (χ1) is 9.67. The number of hydrogen-bond acceptors (Lipinski definition) is 2. The van der Waals surface area contributed by atoms with Gasteiger partial charge in [0.15, 0.2) is 0 Å². The van der Waals surface area contributed by atoms with Gasteiger partial charge in [-0.15, -0.1) is 0 Å². The van der Waals surface area contributed by atoms with Crippen molar-refractivity contribution in [3.8, 4) is 0 Å². The summed E-state index contributed by atoms with van der Waals surface area (Å²) in [6, 6.07) is 7.00. The van der Waals surface area contributed by atoms with E-state index in [-0.39, 0.29) is 11.9 Å². The van der Waals surface area contributed by atoms with E-state index in [2.05, 4.69) is 11.9 Å². The number of nitrogens with zero attached hydrogens (tertiary/aromatic N) is 1. The molecule has 3 heteroatoms. The molecule has 110 valence electrons. The van der Waals surface area contributed by atoms with Crippen LogP contribution in [-0.4, -0.2) is 25.0 Å². The maximum atomic E-state index is 13.0. The zero-order valence-corrected chi connectivity index (χ0v) is 12.3. The smallest absolute Gasteiger partial charge is 0.123 e. The van der Waals surface area contributed by atoms with E-state index in [4.69, 9.17) is 5.73 Å². The minimum Gasteiger partial charge on any atom is -0.329 e. The molecule has 0 aliphatic heterocycles. The highest BCUT2D eigenvalue weighted by Gasteiger charge is 2.40.